The van der Waals surface area contributed by atoms with E-state index in [9.17, 15) is 20.0 Å². The quantitative estimate of drug-likeness (QED) is 0.338. The summed E-state index contributed by atoms with van der Waals surface area (Å²) in [5, 5.41) is 21.2. The summed E-state index contributed by atoms with van der Waals surface area (Å²) < 4.78 is 0. The standard InChI is InChI=1S/C17H17BrN2O4/c1-19(11-14(21)10-18)16-8-7-13(20(23)24)9-15(16)17(22)12-5-3-2-4-6-12/h2-9,14,21H,10-11H2,1H3. The lowest BCUT2D eigenvalue weighted by atomic mass is 10.0. The highest BCUT2D eigenvalue weighted by Gasteiger charge is 2.21. The number of hydrogen-bond acceptors (Lipinski definition) is 5. The highest BCUT2D eigenvalue weighted by molar-refractivity contribution is 9.09. The van der Waals surface area contributed by atoms with Crippen molar-refractivity contribution >= 4 is 33.1 Å². The minimum absolute atomic E-state index is 0.146. The van der Waals surface area contributed by atoms with Gasteiger partial charge in [0, 0.05) is 42.3 Å². The first kappa shape index (κ1) is 18.1. The fourth-order valence-corrected chi connectivity index (χ4v) is 2.57. The van der Waals surface area contributed by atoms with Crippen LogP contribution in [-0.4, -0.2) is 40.8 Å². The molecule has 2 rings (SSSR count). The number of likely N-dealkylation sites (N-methyl/N-ethyl adjacent to an activating group) is 1. The molecule has 2 aromatic rings. The lowest BCUT2D eigenvalue weighted by Crippen LogP contribution is -2.31. The van der Waals surface area contributed by atoms with Crippen molar-refractivity contribution in [2.45, 2.75) is 6.10 Å². The van der Waals surface area contributed by atoms with Crippen LogP contribution in [0.15, 0.2) is 48.5 Å². The molecular weight excluding hydrogens is 376 g/mol. The predicted molar refractivity (Wildman–Crippen MR) is 96.0 cm³/mol. The number of carbonyl (C=O) groups is 1. The summed E-state index contributed by atoms with van der Waals surface area (Å²) in [6.07, 6.45) is -0.620. The Kier molecular flexibility index (Phi) is 6.05. The van der Waals surface area contributed by atoms with E-state index in [2.05, 4.69) is 15.9 Å². The molecule has 24 heavy (non-hydrogen) atoms. The zero-order valence-corrected chi connectivity index (χ0v) is 14.6. The van der Waals surface area contributed by atoms with Gasteiger partial charge in [-0.25, -0.2) is 0 Å². The molecule has 0 aliphatic carbocycles. The Morgan fingerprint density at radius 3 is 2.54 bits per heavy atom. The second-order valence-electron chi connectivity index (χ2n) is 5.34. The molecule has 0 heterocycles. The van der Waals surface area contributed by atoms with E-state index in [1.807, 2.05) is 0 Å². The monoisotopic (exact) mass is 392 g/mol. The topological polar surface area (TPSA) is 83.7 Å². The second kappa shape index (κ2) is 8.03. The normalized spacial score (nSPS) is 11.8. The van der Waals surface area contributed by atoms with Gasteiger partial charge in [-0.15, -0.1) is 0 Å². The Balaban J connectivity index is 2.47. The maximum Gasteiger partial charge on any atom is 0.270 e. The molecule has 0 bridgehead atoms. The van der Waals surface area contributed by atoms with Crippen LogP contribution in [-0.2, 0) is 0 Å². The number of benzene rings is 2. The third-order valence-corrected chi connectivity index (χ3v) is 4.29. The highest BCUT2D eigenvalue weighted by Crippen LogP contribution is 2.27. The Bertz CT molecular complexity index is 737. The van der Waals surface area contributed by atoms with Crippen molar-refractivity contribution < 1.29 is 14.8 Å². The van der Waals surface area contributed by atoms with Gasteiger partial charge < -0.3 is 10.0 Å². The van der Waals surface area contributed by atoms with E-state index in [-0.39, 0.29) is 23.6 Å². The van der Waals surface area contributed by atoms with Gasteiger partial charge in [-0.3, -0.25) is 14.9 Å². The Morgan fingerprint density at radius 2 is 1.96 bits per heavy atom. The van der Waals surface area contributed by atoms with Crippen molar-refractivity contribution in [3.8, 4) is 0 Å². The minimum Gasteiger partial charge on any atom is -0.390 e. The fourth-order valence-electron chi connectivity index (χ4n) is 2.36. The number of nitrogens with zero attached hydrogens (tertiary/aromatic N) is 2. The Hall–Kier alpha value is -2.25. The lowest BCUT2D eigenvalue weighted by molar-refractivity contribution is -0.384. The van der Waals surface area contributed by atoms with Crippen molar-refractivity contribution in [2.24, 2.45) is 0 Å². The molecule has 0 radical (unpaired) electrons. The number of rotatable bonds is 7. The lowest BCUT2D eigenvalue weighted by Gasteiger charge is -2.24. The summed E-state index contributed by atoms with van der Waals surface area (Å²) in [4.78, 5) is 25.0. The first-order valence-corrected chi connectivity index (χ1v) is 8.39. The SMILES string of the molecule is CN(CC(O)CBr)c1ccc([N+](=O)[O-])cc1C(=O)c1ccccc1. The minimum atomic E-state index is -0.620. The van der Waals surface area contributed by atoms with Crippen LogP contribution in [0.1, 0.15) is 15.9 Å². The van der Waals surface area contributed by atoms with Gasteiger partial charge in [-0.05, 0) is 6.07 Å². The zero-order chi connectivity index (χ0) is 17.7. The summed E-state index contributed by atoms with van der Waals surface area (Å²) in [7, 11) is 1.73. The van der Waals surface area contributed by atoms with E-state index in [0.717, 1.165) is 0 Å². The van der Waals surface area contributed by atoms with Gasteiger partial charge in [0.05, 0.1) is 16.6 Å². The second-order valence-corrected chi connectivity index (χ2v) is 5.99. The van der Waals surface area contributed by atoms with Gasteiger partial charge in [-0.2, -0.15) is 0 Å². The number of nitro benzene ring substituents is 1. The van der Waals surface area contributed by atoms with Crippen molar-refractivity contribution in [3.05, 3.63) is 69.8 Å². The van der Waals surface area contributed by atoms with Gasteiger partial charge in [0.1, 0.15) is 0 Å². The molecule has 0 spiro atoms. The number of carbonyl (C=O) groups excluding carboxylic acids is 1. The fraction of sp³-hybridized carbons (Fsp3) is 0.235. The first-order chi connectivity index (χ1) is 11.4. The molecule has 2 aromatic carbocycles. The summed E-state index contributed by atoms with van der Waals surface area (Å²) in [5.74, 6) is -0.297. The summed E-state index contributed by atoms with van der Waals surface area (Å²) in [6, 6.07) is 12.8. The van der Waals surface area contributed by atoms with Crippen molar-refractivity contribution in [3.63, 3.8) is 0 Å². The van der Waals surface area contributed by atoms with Gasteiger partial charge >= 0.3 is 0 Å². The van der Waals surface area contributed by atoms with Gasteiger partial charge in [0.25, 0.3) is 5.69 Å². The number of aliphatic hydroxyl groups is 1. The maximum atomic E-state index is 12.8. The molecule has 0 aromatic heterocycles. The summed E-state index contributed by atoms with van der Waals surface area (Å²) in [5.41, 5.74) is 1.08. The molecule has 1 unspecified atom stereocenters. The molecule has 6 nitrogen and oxygen atoms in total. The molecule has 0 saturated heterocycles. The summed E-state index contributed by atoms with van der Waals surface area (Å²) >= 11 is 3.20. The van der Waals surface area contributed by atoms with Crippen LogP contribution in [0, 0.1) is 10.1 Å². The average molecular weight is 393 g/mol. The van der Waals surface area contributed by atoms with E-state index in [0.29, 0.717) is 16.6 Å². The molecule has 1 atom stereocenters. The molecule has 1 N–H and O–H groups in total. The number of hydrogen-bond donors (Lipinski definition) is 1. The van der Waals surface area contributed by atoms with E-state index in [1.54, 1.807) is 42.3 Å². The third kappa shape index (κ3) is 4.18. The van der Waals surface area contributed by atoms with Crippen LogP contribution in [0.25, 0.3) is 0 Å². The van der Waals surface area contributed by atoms with Crippen LogP contribution in [0.2, 0.25) is 0 Å². The Labute approximate surface area is 148 Å². The number of nitro groups is 1. The molecule has 0 amide bonds. The van der Waals surface area contributed by atoms with Gasteiger partial charge in [0.2, 0.25) is 0 Å². The smallest absolute Gasteiger partial charge is 0.270 e. The van der Waals surface area contributed by atoms with Gasteiger partial charge in [-0.1, -0.05) is 46.3 Å². The first-order valence-electron chi connectivity index (χ1n) is 7.27. The number of halogens is 1. The molecular formula is C17H17BrN2O4. The third-order valence-electron chi connectivity index (χ3n) is 3.55. The van der Waals surface area contributed by atoms with Crippen molar-refractivity contribution in [1.82, 2.24) is 0 Å². The largest absolute Gasteiger partial charge is 0.390 e. The van der Waals surface area contributed by atoms with Crippen LogP contribution in [0.5, 0.6) is 0 Å². The molecule has 0 aliphatic rings. The number of aliphatic hydroxyl groups excluding tert-OH is 1. The molecule has 0 saturated carbocycles. The van der Waals surface area contributed by atoms with Crippen molar-refractivity contribution in [1.29, 1.82) is 0 Å². The summed E-state index contributed by atoms with van der Waals surface area (Å²) in [6.45, 7) is 0.290. The van der Waals surface area contributed by atoms with Crippen LogP contribution < -0.4 is 4.90 Å². The van der Waals surface area contributed by atoms with E-state index < -0.39 is 11.0 Å². The number of non-ortho nitro benzene ring substituents is 1. The van der Waals surface area contributed by atoms with E-state index in [1.165, 1.54) is 18.2 Å². The zero-order valence-electron chi connectivity index (χ0n) is 13.1. The van der Waals surface area contributed by atoms with E-state index >= 15 is 0 Å². The molecule has 0 aliphatic heterocycles. The Morgan fingerprint density at radius 1 is 1.29 bits per heavy atom. The molecule has 0 fully saturated rings. The number of ketones is 1. The van der Waals surface area contributed by atoms with Crippen molar-refractivity contribution in [2.75, 3.05) is 23.8 Å². The van der Waals surface area contributed by atoms with E-state index in [4.69, 9.17) is 0 Å². The van der Waals surface area contributed by atoms with Gasteiger partial charge in [0.15, 0.2) is 5.78 Å². The van der Waals surface area contributed by atoms with Crippen LogP contribution in [0.4, 0.5) is 11.4 Å². The predicted octanol–water partition coefficient (Wildman–Crippen LogP) is 3.02. The number of alkyl halides is 1. The molecule has 126 valence electrons. The molecule has 7 heteroatoms. The maximum absolute atomic E-state index is 12.8. The van der Waals surface area contributed by atoms with Crippen LogP contribution in [0.3, 0.4) is 0 Å². The average Bonchev–Trinajstić information content (AvgIpc) is 2.61. The van der Waals surface area contributed by atoms with Crippen LogP contribution >= 0.6 is 15.9 Å². The highest BCUT2D eigenvalue weighted by atomic mass is 79.9. The number of anilines is 1.